The fourth-order valence-electron chi connectivity index (χ4n) is 4.40. The van der Waals surface area contributed by atoms with Crippen LogP contribution in [0.4, 0.5) is 27.4 Å². The first-order valence-corrected chi connectivity index (χ1v) is 12.2. The summed E-state index contributed by atoms with van der Waals surface area (Å²) >= 11 is 0. The van der Waals surface area contributed by atoms with Crippen LogP contribution < -0.4 is 20.3 Å². The van der Waals surface area contributed by atoms with Crippen LogP contribution in [0.1, 0.15) is 5.56 Å². The summed E-state index contributed by atoms with van der Waals surface area (Å²) in [6, 6.07) is 11.2. The number of benzene rings is 1. The number of pyridine rings is 1. The molecule has 11 nitrogen and oxygen atoms in total. The van der Waals surface area contributed by atoms with E-state index in [9.17, 15) is 14.4 Å². The van der Waals surface area contributed by atoms with E-state index < -0.39 is 11.7 Å². The Morgan fingerprint density at radius 1 is 1.18 bits per heavy atom. The van der Waals surface area contributed by atoms with Crippen LogP contribution >= 0.6 is 0 Å². The van der Waals surface area contributed by atoms with Crippen molar-refractivity contribution < 1.29 is 13.9 Å². The van der Waals surface area contributed by atoms with Crippen molar-refractivity contribution in [3.05, 3.63) is 66.9 Å². The summed E-state index contributed by atoms with van der Waals surface area (Å²) in [4.78, 5) is 25.5. The second kappa shape index (κ2) is 10.8. The minimum absolute atomic E-state index is 0.192. The molecule has 1 amide bonds. The molecule has 1 fully saturated rings. The zero-order chi connectivity index (χ0) is 27.5. The molecule has 0 atom stereocenters. The van der Waals surface area contributed by atoms with Gasteiger partial charge in [-0.15, -0.1) is 0 Å². The summed E-state index contributed by atoms with van der Waals surface area (Å²) in [6.45, 7) is 6.20. The number of hydrogen-bond acceptors (Lipinski definition) is 9. The maximum absolute atomic E-state index is 13.6. The lowest BCUT2D eigenvalue weighted by atomic mass is 10.1. The number of nitrogens with one attached hydrogen (secondary N) is 2. The molecule has 1 saturated heterocycles. The van der Waals surface area contributed by atoms with E-state index in [-0.39, 0.29) is 11.5 Å². The highest BCUT2D eigenvalue weighted by atomic mass is 19.1. The largest absolute Gasteiger partial charge is 0.494 e. The van der Waals surface area contributed by atoms with E-state index in [1.807, 2.05) is 25.2 Å². The van der Waals surface area contributed by atoms with Crippen molar-refractivity contribution in [3.8, 4) is 23.1 Å². The SMILES string of the molecule is C=C(F)C(=O)Nc1cc(Nc2ncc(C#N)c(-c3cnn4ccccc34)n2)c(OC)cc1N1CCN(C)CC1. The topological polar surface area (TPSA) is 124 Å². The minimum Gasteiger partial charge on any atom is -0.494 e. The molecule has 0 spiro atoms. The number of hydrogen-bond donors (Lipinski definition) is 2. The number of methoxy groups -OCH3 is 1. The van der Waals surface area contributed by atoms with Crippen LogP contribution in [0.15, 0.2) is 61.3 Å². The number of rotatable bonds is 7. The van der Waals surface area contributed by atoms with E-state index in [2.05, 4.69) is 48.1 Å². The normalized spacial score (nSPS) is 13.6. The zero-order valence-electron chi connectivity index (χ0n) is 21.5. The highest BCUT2D eigenvalue weighted by Gasteiger charge is 2.22. The Morgan fingerprint density at radius 2 is 1.97 bits per heavy atom. The van der Waals surface area contributed by atoms with Crippen LogP contribution in [0.5, 0.6) is 5.75 Å². The van der Waals surface area contributed by atoms with E-state index in [0.717, 1.165) is 18.6 Å². The number of likely N-dealkylation sites (N-methyl/N-ethyl adjacent to an activating group) is 1. The average molecular weight is 528 g/mol. The molecule has 5 rings (SSSR count). The molecule has 0 unspecified atom stereocenters. The molecular formula is C27H26FN9O2. The third-order valence-electron chi connectivity index (χ3n) is 6.49. The Hall–Kier alpha value is -5.02. The Bertz CT molecular complexity index is 1600. The number of aromatic nitrogens is 4. The van der Waals surface area contributed by atoms with Gasteiger partial charge >= 0.3 is 0 Å². The van der Waals surface area contributed by atoms with Gasteiger partial charge in [0.2, 0.25) is 5.95 Å². The number of amides is 1. The first-order chi connectivity index (χ1) is 18.9. The highest BCUT2D eigenvalue weighted by Crippen LogP contribution is 2.39. The molecule has 1 aliphatic heterocycles. The summed E-state index contributed by atoms with van der Waals surface area (Å²) in [5.41, 5.74) is 3.65. The first-order valence-electron chi connectivity index (χ1n) is 12.2. The van der Waals surface area contributed by atoms with Gasteiger partial charge in [0.15, 0.2) is 5.83 Å². The smallest absolute Gasteiger partial charge is 0.283 e. The van der Waals surface area contributed by atoms with Gasteiger partial charge in [0.25, 0.3) is 5.91 Å². The summed E-state index contributed by atoms with van der Waals surface area (Å²) in [6.07, 6.45) is 4.88. The second-order valence-corrected chi connectivity index (χ2v) is 9.00. The summed E-state index contributed by atoms with van der Waals surface area (Å²) in [5.74, 6) is -1.38. The number of halogens is 1. The fraction of sp³-hybridized carbons (Fsp3) is 0.222. The van der Waals surface area contributed by atoms with Gasteiger partial charge in [-0.3, -0.25) is 4.79 Å². The fourth-order valence-corrected chi connectivity index (χ4v) is 4.40. The quantitative estimate of drug-likeness (QED) is 0.347. The molecule has 4 heterocycles. The molecule has 3 aromatic heterocycles. The molecule has 12 heteroatoms. The zero-order valence-corrected chi connectivity index (χ0v) is 21.5. The Kier molecular flexibility index (Phi) is 7.07. The Morgan fingerprint density at radius 3 is 2.69 bits per heavy atom. The van der Waals surface area contributed by atoms with Gasteiger partial charge in [-0.25, -0.2) is 18.9 Å². The molecular weight excluding hydrogens is 501 g/mol. The number of ether oxygens (including phenoxy) is 1. The third kappa shape index (κ3) is 5.21. The third-order valence-corrected chi connectivity index (χ3v) is 6.49. The van der Waals surface area contributed by atoms with E-state index in [1.165, 1.54) is 13.3 Å². The van der Waals surface area contributed by atoms with Gasteiger partial charge < -0.3 is 25.2 Å². The van der Waals surface area contributed by atoms with Gasteiger partial charge in [0.1, 0.15) is 11.8 Å². The van der Waals surface area contributed by atoms with Crippen molar-refractivity contribution in [2.24, 2.45) is 0 Å². The Balaban J connectivity index is 1.55. The van der Waals surface area contributed by atoms with Gasteiger partial charge in [0.05, 0.1) is 53.3 Å². The van der Waals surface area contributed by atoms with Crippen molar-refractivity contribution in [2.45, 2.75) is 0 Å². The maximum atomic E-state index is 13.6. The van der Waals surface area contributed by atoms with Crippen LogP contribution in [0, 0.1) is 11.3 Å². The van der Waals surface area contributed by atoms with Crippen molar-refractivity contribution in [1.29, 1.82) is 5.26 Å². The van der Waals surface area contributed by atoms with Gasteiger partial charge in [-0.1, -0.05) is 12.6 Å². The monoisotopic (exact) mass is 527 g/mol. The lowest BCUT2D eigenvalue weighted by molar-refractivity contribution is -0.114. The predicted molar refractivity (Wildman–Crippen MR) is 146 cm³/mol. The number of fused-ring (bicyclic) bond motifs is 1. The van der Waals surface area contributed by atoms with Crippen LogP contribution in [0.25, 0.3) is 16.8 Å². The van der Waals surface area contributed by atoms with Crippen LogP contribution in [0.3, 0.4) is 0 Å². The van der Waals surface area contributed by atoms with Crippen molar-refractivity contribution in [1.82, 2.24) is 24.5 Å². The molecule has 4 aromatic rings. The van der Waals surface area contributed by atoms with Crippen molar-refractivity contribution in [3.63, 3.8) is 0 Å². The molecule has 39 heavy (non-hydrogen) atoms. The van der Waals surface area contributed by atoms with Gasteiger partial charge in [-0.05, 0) is 25.2 Å². The summed E-state index contributed by atoms with van der Waals surface area (Å²) in [5, 5.41) is 19.8. The van der Waals surface area contributed by atoms with E-state index in [1.54, 1.807) is 29.0 Å². The van der Waals surface area contributed by atoms with E-state index >= 15 is 0 Å². The molecule has 2 N–H and O–H groups in total. The summed E-state index contributed by atoms with van der Waals surface area (Å²) < 4.78 is 21.0. The number of carbonyl (C=O) groups excluding carboxylic acids is 1. The minimum atomic E-state index is -1.10. The molecule has 0 aliphatic carbocycles. The summed E-state index contributed by atoms with van der Waals surface area (Å²) in [7, 11) is 3.57. The molecule has 0 bridgehead atoms. The average Bonchev–Trinajstić information content (AvgIpc) is 3.38. The molecule has 198 valence electrons. The van der Waals surface area contributed by atoms with Gasteiger partial charge in [-0.2, -0.15) is 10.4 Å². The van der Waals surface area contributed by atoms with E-state index in [4.69, 9.17) is 4.74 Å². The molecule has 0 radical (unpaired) electrons. The van der Waals surface area contributed by atoms with Crippen LogP contribution in [0.2, 0.25) is 0 Å². The Labute approximate surface area is 224 Å². The van der Waals surface area contributed by atoms with Crippen LogP contribution in [-0.2, 0) is 4.79 Å². The van der Waals surface area contributed by atoms with Crippen molar-refractivity contribution in [2.75, 3.05) is 55.9 Å². The number of carbonyl (C=O) groups is 1. The first kappa shape index (κ1) is 25.6. The maximum Gasteiger partial charge on any atom is 0.283 e. The van der Waals surface area contributed by atoms with E-state index in [0.29, 0.717) is 47.2 Å². The lowest BCUT2D eigenvalue weighted by Crippen LogP contribution is -2.44. The highest BCUT2D eigenvalue weighted by molar-refractivity contribution is 6.04. The molecule has 1 aliphatic rings. The van der Waals surface area contributed by atoms with Crippen LogP contribution in [-0.4, -0.2) is 70.7 Å². The standard InChI is InChI=1S/C27H26FN9O2/c1-17(28)26(38)32-20-12-21(24(39-3)13-23(20)36-10-8-35(2)9-11-36)33-27-30-15-18(14-29)25(34-27)19-16-31-37-7-5-4-6-22(19)37/h4-7,12-13,15-16H,1,8-11H2,2-3H3,(H,32,38)(H,30,33,34). The number of anilines is 4. The molecule has 1 aromatic carbocycles. The van der Waals surface area contributed by atoms with Gasteiger partial charge in [0, 0.05) is 44.0 Å². The number of piperazine rings is 1. The number of nitrogens with zero attached hydrogens (tertiary/aromatic N) is 7. The molecule has 0 saturated carbocycles. The number of nitriles is 1. The second-order valence-electron chi connectivity index (χ2n) is 9.00. The lowest BCUT2D eigenvalue weighted by Gasteiger charge is -2.35. The van der Waals surface area contributed by atoms with Crippen molar-refractivity contribution >= 4 is 34.4 Å². The predicted octanol–water partition coefficient (Wildman–Crippen LogP) is 3.59.